The van der Waals surface area contributed by atoms with E-state index >= 15 is 0 Å². The van der Waals surface area contributed by atoms with Crippen LogP contribution in [0.15, 0.2) is 60.8 Å². The van der Waals surface area contributed by atoms with Gasteiger partial charge in [-0.1, -0.05) is 49.5 Å². The minimum atomic E-state index is -1.50. The molecule has 0 bridgehead atoms. The average molecular weight is 275 g/mol. The third-order valence-corrected chi connectivity index (χ3v) is 8.06. The van der Waals surface area contributed by atoms with E-state index < -0.39 is 8.07 Å². The Balaban J connectivity index is 1.99. The quantitative estimate of drug-likeness (QED) is 0.654. The van der Waals surface area contributed by atoms with Gasteiger partial charge in [-0.25, -0.2) is 0 Å². The van der Waals surface area contributed by atoms with Crippen molar-refractivity contribution in [3.8, 4) is 22.4 Å². The van der Waals surface area contributed by atoms with Crippen LogP contribution < -0.4 is 10.4 Å². The lowest BCUT2D eigenvalue weighted by Crippen LogP contribution is -2.49. The molecule has 2 heterocycles. The fourth-order valence-electron chi connectivity index (χ4n) is 3.40. The van der Waals surface area contributed by atoms with Gasteiger partial charge in [-0.3, -0.25) is 0 Å². The van der Waals surface area contributed by atoms with Crippen LogP contribution in [0.1, 0.15) is 0 Å². The zero-order valence-electron chi connectivity index (χ0n) is 11.8. The van der Waals surface area contributed by atoms with E-state index in [0.717, 1.165) is 0 Å². The van der Waals surface area contributed by atoms with Crippen LogP contribution in [0.2, 0.25) is 13.1 Å². The second kappa shape index (κ2) is 3.97. The molecule has 0 radical (unpaired) electrons. The Labute approximate surface area is 120 Å². The van der Waals surface area contributed by atoms with Crippen LogP contribution in [0.25, 0.3) is 22.4 Å². The molecule has 0 unspecified atom stereocenters. The van der Waals surface area contributed by atoms with E-state index in [2.05, 4.69) is 72.7 Å². The second-order valence-electron chi connectivity index (χ2n) is 6.01. The fourth-order valence-corrected chi connectivity index (χ4v) is 6.47. The number of aromatic nitrogens is 1. The number of fused-ring (bicyclic) bond motifs is 3. The molecule has 0 spiro atoms. The summed E-state index contributed by atoms with van der Waals surface area (Å²) in [4.78, 5) is 3.30. The van der Waals surface area contributed by atoms with E-state index in [1.54, 1.807) is 10.4 Å². The molecule has 2 heteroatoms. The number of benzene rings is 2. The highest BCUT2D eigenvalue weighted by atomic mass is 28.3. The molecule has 4 rings (SSSR count). The largest absolute Gasteiger partial charge is 0.361 e. The van der Waals surface area contributed by atoms with Crippen molar-refractivity contribution >= 4 is 18.4 Å². The lowest BCUT2D eigenvalue weighted by Gasteiger charge is -2.18. The molecule has 0 saturated carbocycles. The lowest BCUT2D eigenvalue weighted by atomic mass is 10.0. The van der Waals surface area contributed by atoms with E-state index in [9.17, 15) is 0 Å². The van der Waals surface area contributed by atoms with Gasteiger partial charge in [0.1, 0.15) is 8.07 Å². The molecule has 0 aliphatic carbocycles. The number of aromatic amines is 1. The lowest BCUT2D eigenvalue weighted by molar-refractivity contribution is 1.40. The van der Waals surface area contributed by atoms with Gasteiger partial charge in [-0.2, -0.15) is 0 Å². The molecule has 1 nitrogen and oxygen atoms in total. The van der Waals surface area contributed by atoms with E-state index in [0.29, 0.717) is 0 Å². The van der Waals surface area contributed by atoms with Crippen LogP contribution in [0.4, 0.5) is 0 Å². The Morgan fingerprint density at radius 1 is 0.800 bits per heavy atom. The predicted octanol–water partition coefficient (Wildman–Crippen LogP) is 3.48. The van der Waals surface area contributed by atoms with Gasteiger partial charge in [0, 0.05) is 11.9 Å². The van der Waals surface area contributed by atoms with Crippen LogP contribution in [0.3, 0.4) is 0 Å². The Hall–Kier alpha value is -2.06. The van der Waals surface area contributed by atoms with Gasteiger partial charge < -0.3 is 4.98 Å². The van der Waals surface area contributed by atoms with Crippen LogP contribution >= 0.6 is 0 Å². The topological polar surface area (TPSA) is 15.8 Å². The van der Waals surface area contributed by atoms with Crippen LogP contribution in [-0.2, 0) is 0 Å². The highest BCUT2D eigenvalue weighted by molar-refractivity contribution is 7.03. The van der Waals surface area contributed by atoms with Crippen LogP contribution in [0, 0.1) is 0 Å². The molecular weight excluding hydrogens is 258 g/mol. The number of hydrogen-bond acceptors (Lipinski definition) is 0. The molecule has 1 aliphatic rings. The summed E-state index contributed by atoms with van der Waals surface area (Å²) in [6.45, 7) is 4.90. The van der Waals surface area contributed by atoms with Crippen molar-refractivity contribution in [1.29, 1.82) is 0 Å². The Morgan fingerprint density at radius 3 is 2.40 bits per heavy atom. The molecule has 0 fully saturated rings. The van der Waals surface area contributed by atoms with E-state index in [1.807, 2.05) is 6.20 Å². The standard InChI is InChI=1S/C18H17NSi/c1-20(2)17-8-4-3-6-14(17)15-12-13(9-10-18(15)20)16-7-5-11-19-16/h3-12,19H,1-2H3. The van der Waals surface area contributed by atoms with Crippen molar-refractivity contribution in [2.45, 2.75) is 13.1 Å². The van der Waals surface area contributed by atoms with Gasteiger partial charge in [-0.05, 0) is 45.3 Å². The fraction of sp³-hybridized carbons (Fsp3) is 0.111. The van der Waals surface area contributed by atoms with Crippen LogP contribution in [0.5, 0.6) is 0 Å². The first-order chi connectivity index (χ1) is 9.68. The minimum Gasteiger partial charge on any atom is -0.361 e. The summed E-state index contributed by atoms with van der Waals surface area (Å²) < 4.78 is 0. The van der Waals surface area contributed by atoms with Gasteiger partial charge in [0.25, 0.3) is 0 Å². The maximum atomic E-state index is 3.30. The molecule has 1 aliphatic heterocycles. The molecule has 1 aromatic heterocycles. The number of rotatable bonds is 1. The van der Waals surface area contributed by atoms with Crippen molar-refractivity contribution < 1.29 is 0 Å². The molecule has 98 valence electrons. The number of hydrogen-bond donors (Lipinski definition) is 1. The van der Waals surface area contributed by atoms with E-state index in [4.69, 9.17) is 0 Å². The van der Waals surface area contributed by atoms with Crippen molar-refractivity contribution in [3.63, 3.8) is 0 Å². The van der Waals surface area contributed by atoms with Crippen LogP contribution in [-0.4, -0.2) is 13.1 Å². The first-order valence-corrected chi connectivity index (χ1v) is 10.1. The monoisotopic (exact) mass is 275 g/mol. The van der Waals surface area contributed by atoms with Gasteiger partial charge in [0.15, 0.2) is 0 Å². The zero-order valence-corrected chi connectivity index (χ0v) is 12.8. The summed E-state index contributed by atoms with van der Waals surface area (Å²) in [5, 5.41) is 3.13. The Kier molecular flexibility index (Phi) is 2.33. The summed E-state index contributed by atoms with van der Waals surface area (Å²) in [7, 11) is -1.50. The summed E-state index contributed by atoms with van der Waals surface area (Å²) in [5.74, 6) is 0. The first-order valence-electron chi connectivity index (χ1n) is 7.06. The summed E-state index contributed by atoms with van der Waals surface area (Å²) in [6.07, 6.45) is 1.98. The Bertz CT molecular complexity index is 785. The third kappa shape index (κ3) is 1.48. The molecule has 3 aromatic rings. The second-order valence-corrected chi connectivity index (χ2v) is 10.3. The normalized spacial score (nSPS) is 14.9. The van der Waals surface area contributed by atoms with E-state index in [-0.39, 0.29) is 0 Å². The average Bonchev–Trinajstić information content (AvgIpc) is 3.07. The molecule has 1 N–H and O–H groups in total. The highest BCUT2D eigenvalue weighted by Crippen LogP contribution is 2.31. The predicted molar refractivity (Wildman–Crippen MR) is 88.4 cm³/mol. The molecule has 0 saturated heterocycles. The summed E-state index contributed by atoms with van der Waals surface area (Å²) in [5.41, 5.74) is 5.34. The smallest absolute Gasteiger partial charge is 0.113 e. The maximum Gasteiger partial charge on any atom is 0.113 e. The Morgan fingerprint density at radius 2 is 1.60 bits per heavy atom. The van der Waals surface area contributed by atoms with E-state index in [1.165, 1.54) is 22.4 Å². The van der Waals surface area contributed by atoms with Crippen molar-refractivity contribution in [2.24, 2.45) is 0 Å². The van der Waals surface area contributed by atoms with Gasteiger partial charge >= 0.3 is 0 Å². The highest BCUT2D eigenvalue weighted by Gasteiger charge is 2.36. The number of H-pyrrole nitrogens is 1. The van der Waals surface area contributed by atoms with Gasteiger partial charge in [0.2, 0.25) is 0 Å². The van der Waals surface area contributed by atoms with Gasteiger partial charge in [0.05, 0.1) is 0 Å². The number of nitrogens with one attached hydrogen (secondary N) is 1. The SMILES string of the molecule is C[Si]1(C)c2ccccc2-c2cc(-c3ccc[nH]3)ccc21. The summed E-state index contributed by atoms with van der Waals surface area (Å²) >= 11 is 0. The van der Waals surface area contributed by atoms with Crippen molar-refractivity contribution in [1.82, 2.24) is 4.98 Å². The first kappa shape index (κ1) is 11.7. The molecule has 2 aromatic carbocycles. The summed E-state index contributed by atoms with van der Waals surface area (Å²) in [6, 6.07) is 20.0. The van der Waals surface area contributed by atoms with Gasteiger partial charge in [-0.15, -0.1) is 0 Å². The third-order valence-electron chi connectivity index (χ3n) is 4.49. The molecule has 0 atom stereocenters. The maximum absolute atomic E-state index is 3.30. The minimum absolute atomic E-state index is 1.19. The zero-order chi connectivity index (χ0) is 13.7. The van der Waals surface area contributed by atoms with Crippen molar-refractivity contribution in [2.75, 3.05) is 0 Å². The molecule has 20 heavy (non-hydrogen) atoms. The molecular formula is C18H17NSi. The van der Waals surface area contributed by atoms with Crippen molar-refractivity contribution in [3.05, 3.63) is 60.8 Å². The molecule has 0 amide bonds.